The lowest BCUT2D eigenvalue weighted by atomic mass is 9.81. The fourth-order valence-electron chi connectivity index (χ4n) is 6.47. The molecule has 1 amide bonds. The lowest BCUT2D eigenvalue weighted by Crippen LogP contribution is -2.44. The molecule has 1 N–H and O–H groups in total. The average Bonchev–Trinajstić information content (AvgIpc) is 3.57. The Bertz CT molecular complexity index is 1730. The normalized spacial score (nSPS) is 21.4. The number of amides is 1. The number of fused-ring (bicyclic) bond motifs is 1. The molecule has 1 saturated carbocycles. The molecule has 43 heavy (non-hydrogen) atoms. The molecule has 3 aliphatic rings. The molecule has 11 heteroatoms. The highest BCUT2D eigenvalue weighted by Crippen LogP contribution is 2.36. The van der Waals surface area contributed by atoms with Gasteiger partial charge in [-0.25, -0.2) is 24.1 Å². The minimum Gasteiger partial charge on any atom is -0.448 e. The zero-order valence-electron chi connectivity index (χ0n) is 24.2. The van der Waals surface area contributed by atoms with E-state index in [2.05, 4.69) is 35.9 Å². The smallest absolute Gasteiger partial charge is 0.410 e. The second-order valence-electron chi connectivity index (χ2n) is 11.9. The number of aromatic nitrogens is 5. The van der Waals surface area contributed by atoms with Crippen molar-refractivity contribution in [2.45, 2.75) is 56.5 Å². The molecule has 3 fully saturated rings. The van der Waals surface area contributed by atoms with E-state index in [9.17, 15) is 9.59 Å². The number of anilines is 2. The van der Waals surface area contributed by atoms with Crippen molar-refractivity contribution >= 4 is 28.8 Å². The molecule has 3 aromatic heterocycles. The van der Waals surface area contributed by atoms with Crippen molar-refractivity contribution in [3.63, 3.8) is 0 Å². The van der Waals surface area contributed by atoms with Gasteiger partial charge in [0.2, 0.25) is 5.95 Å². The van der Waals surface area contributed by atoms with Gasteiger partial charge in [0.1, 0.15) is 12.0 Å². The summed E-state index contributed by atoms with van der Waals surface area (Å²) in [6, 6.07) is 14.5. The molecule has 1 aromatic carbocycles. The maximum absolute atomic E-state index is 13.4. The van der Waals surface area contributed by atoms with Gasteiger partial charge >= 0.3 is 6.09 Å². The summed E-state index contributed by atoms with van der Waals surface area (Å²) in [6.07, 6.45) is 7.15. The number of pyridine rings is 1. The maximum atomic E-state index is 13.4. The standard InChI is InChI=1S/C32H35N7O4/c1-3-15-38-29(40)25-18-33-30(36-28(25)39(38)27-6-4-5-26(35-27)32(2)19-42-20-32)34-23-11-7-21(8-12-23)22-9-13-24(14-10-22)37-16-17-43-31(37)41/h3-8,11-12,18,22,24H,1,9-10,13-17,19-20H2,2H3,(H,33,34,36). The quantitative estimate of drug-likeness (QED) is 0.299. The van der Waals surface area contributed by atoms with Gasteiger partial charge in [0.25, 0.3) is 5.56 Å². The summed E-state index contributed by atoms with van der Waals surface area (Å²) in [5.74, 6) is 1.45. The Morgan fingerprint density at radius 3 is 2.53 bits per heavy atom. The van der Waals surface area contributed by atoms with Gasteiger partial charge in [-0.3, -0.25) is 4.79 Å². The lowest BCUT2D eigenvalue weighted by molar-refractivity contribution is -0.0520. The monoisotopic (exact) mass is 581 g/mol. The first-order chi connectivity index (χ1) is 20.9. The van der Waals surface area contributed by atoms with E-state index < -0.39 is 0 Å². The number of ether oxygens (including phenoxy) is 2. The minimum atomic E-state index is -0.201. The summed E-state index contributed by atoms with van der Waals surface area (Å²) in [7, 11) is 0. The van der Waals surface area contributed by atoms with Gasteiger partial charge in [-0.1, -0.05) is 24.3 Å². The van der Waals surface area contributed by atoms with Crippen LogP contribution in [0.2, 0.25) is 0 Å². The largest absolute Gasteiger partial charge is 0.448 e. The van der Waals surface area contributed by atoms with E-state index in [0.717, 1.165) is 37.1 Å². The number of nitrogens with zero attached hydrogens (tertiary/aromatic N) is 6. The molecule has 0 unspecified atom stereocenters. The maximum Gasteiger partial charge on any atom is 0.410 e. The second kappa shape index (κ2) is 11.0. The number of nitrogens with one attached hydrogen (secondary N) is 1. The zero-order valence-corrected chi connectivity index (χ0v) is 24.2. The molecule has 4 aromatic rings. The Balaban J connectivity index is 1.12. The van der Waals surface area contributed by atoms with Gasteiger partial charge in [0.15, 0.2) is 11.5 Å². The van der Waals surface area contributed by atoms with Crippen LogP contribution in [0.5, 0.6) is 0 Å². The number of benzene rings is 1. The highest BCUT2D eigenvalue weighted by molar-refractivity contribution is 5.77. The molecule has 2 aliphatic heterocycles. The zero-order chi connectivity index (χ0) is 29.6. The number of hydrogen-bond donors (Lipinski definition) is 1. The van der Waals surface area contributed by atoms with Crippen LogP contribution in [0.4, 0.5) is 16.4 Å². The first-order valence-corrected chi connectivity index (χ1v) is 14.9. The number of carbonyl (C=O) groups is 1. The summed E-state index contributed by atoms with van der Waals surface area (Å²) >= 11 is 0. The topological polar surface area (TPSA) is 116 Å². The Morgan fingerprint density at radius 1 is 1.07 bits per heavy atom. The van der Waals surface area contributed by atoms with Crippen molar-refractivity contribution in [1.82, 2.24) is 29.2 Å². The SMILES string of the molecule is C=CCn1c(=O)c2cnc(Nc3ccc(C4CCC(N5CCOC5=O)CC4)cc3)nc2n1-c1cccc(C2(C)COC2)n1. The van der Waals surface area contributed by atoms with Gasteiger partial charge in [0.05, 0.1) is 37.4 Å². The molecule has 2 saturated heterocycles. The van der Waals surface area contributed by atoms with E-state index in [1.807, 2.05) is 35.2 Å². The molecule has 1 aliphatic carbocycles. The van der Waals surface area contributed by atoms with Crippen LogP contribution >= 0.6 is 0 Å². The molecule has 5 heterocycles. The number of rotatable bonds is 8. The molecule has 7 rings (SSSR count). The van der Waals surface area contributed by atoms with Crippen molar-refractivity contribution in [3.05, 3.63) is 82.9 Å². The van der Waals surface area contributed by atoms with E-state index in [1.165, 1.54) is 5.56 Å². The Morgan fingerprint density at radius 2 is 1.86 bits per heavy atom. The third-order valence-corrected chi connectivity index (χ3v) is 8.96. The Labute approximate surface area is 249 Å². The van der Waals surface area contributed by atoms with Crippen LogP contribution in [0.25, 0.3) is 16.9 Å². The average molecular weight is 582 g/mol. The predicted molar refractivity (Wildman–Crippen MR) is 162 cm³/mol. The van der Waals surface area contributed by atoms with Gasteiger partial charge < -0.3 is 19.7 Å². The number of carbonyl (C=O) groups excluding carboxylic acids is 1. The van der Waals surface area contributed by atoms with Gasteiger partial charge in [-0.05, 0) is 68.4 Å². The highest BCUT2D eigenvalue weighted by Gasteiger charge is 2.37. The van der Waals surface area contributed by atoms with Gasteiger partial charge in [-0.2, -0.15) is 4.98 Å². The summed E-state index contributed by atoms with van der Waals surface area (Å²) in [4.78, 5) is 41.3. The third-order valence-electron chi connectivity index (χ3n) is 8.96. The van der Waals surface area contributed by atoms with Gasteiger partial charge in [-0.15, -0.1) is 6.58 Å². The number of allylic oxidation sites excluding steroid dienone is 1. The van der Waals surface area contributed by atoms with Crippen molar-refractivity contribution in [2.24, 2.45) is 0 Å². The van der Waals surface area contributed by atoms with Crippen LogP contribution in [0.1, 0.15) is 49.8 Å². The van der Waals surface area contributed by atoms with Crippen LogP contribution in [0.15, 0.2) is 66.1 Å². The van der Waals surface area contributed by atoms with Crippen LogP contribution < -0.4 is 10.9 Å². The third kappa shape index (κ3) is 4.97. The first kappa shape index (κ1) is 27.3. The van der Waals surface area contributed by atoms with Crippen molar-refractivity contribution in [2.75, 3.05) is 31.7 Å². The van der Waals surface area contributed by atoms with E-state index in [-0.39, 0.29) is 23.1 Å². The molecule has 0 radical (unpaired) electrons. The Hall–Kier alpha value is -4.51. The molecule has 0 atom stereocenters. The number of cyclic esters (lactones) is 1. The predicted octanol–water partition coefficient (Wildman–Crippen LogP) is 4.67. The van der Waals surface area contributed by atoms with Crippen molar-refractivity contribution < 1.29 is 14.3 Å². The summed E-state index contributed by atoms with van der Waals surface area (Å²) < 4.78 is 13.9. The molecule has 0 spiro atoms. The van der Waals surface area contributed by atoms with E-state index in [0.29, 0.717) is 61.6 Å². The highest BCUT2D eigenvalue weighted by atomic mass is 16.6. The van der Waals surface area contributed by atoms with Crippen molar-refractivity contribution in [1.29, 1.82) is 0 Å². The first-order valence-electron chi connectivity index (χ1n) is 14.9. The molecule has 11 nitrogen and oxygen atoms in total. The Kier molecular flexibility index (Phi) is 6.97. The molecule has 0 bridgehead atoms. The fraction of sp³-hybridized carbons (Fsp3) is 0.406. The number of hydrogen-bond acceptors (Lipinski definition) is 8. The van der Waals surface area contributed by atoms with Crippen molar-refractivity contribution in [3.8, 4) is 5.82 Å². The van der Waals surface area contributed by atoms with Crippen LogP contribution in [-0.4, -0.2) is 67.7 Å². The molecular formula is C32H35N7O4. The van der Waals surface area contributed by atoms with E-state index in [4.69, 9.17) is 19.4 Å². The van der Waals surface area contributed by atoms with E-state index >= 15 is 0 Å². The second-order valence-corrected chi connectivity index (χ2v) is 11.9. The van der Waals surface area contributed by atoms with Crippen LogP contribution in [-0.2, 0) is 21.4 Å². The van der Waals surface area contributed by atoms with E-state index in [1.54, 1.807) is 21.6 Å². The van der Waals surface area contributed by atoms with Crippen LogP contribution in [0, 0.1) is 0 Å². The van der Waals surface area contributed by atoms with Gasteiger partial charge in [0, 0.05) is 17.9 Å². The lowest BCUT2D eigenvalue weighted by Gasteiger charge is -2.37. The summed E-state index contributed by atoms with van der Waals surface area (Å²) in [5.41, 5.74) is 3.17. The molecular weight excluding hydrogens is 546 g/mol. The minimum absolute atomic E-state index is 0.155. The fourth-order valence-corrected chi connectivity index (χ4v) is 6.47. The summed E-state index contributed by atoms with van der Waals surface area (Å²) in [6.45, 7) is 8.70. The van der Waals surface area contributed by atoms with Crippen LogP contribution in [0.3, 0.4) is 0 Å². The summed E-state index contributed by atoms with van der Waals surface area (Å²) in [5, 5.41) is 3.71. The molecule has 222 valence electrons.